The van der Waals surface area contributed by atoms with Gasteiger partial charge < -0.3 is 14.5 Å². The fraction of sp³-hybridized carbons (Fsp3) is 0.316. The van der Waals surface area contributed by atoms with Crippen molar-refractivity contribution in [3.8, 4) is 0 Å². The lowest BCUT2D eigenvalue weighted by molar-refractivity contribution is 0.0595. The van der Waals surface area contributed by atoms with Gasteiger partial charge in [0, 0.05) is 18.0 Å². The highest BCUT2D eigenvalue weighted by Crippen LogP contribution is 2.37. The first-order chi connectivity index (χ1) is 11.0. The summed E-state index contributed by atoms with van der Waals surface area (Å²) < 4.78 is 10.6. The van der Waals surface area contributed by atoms with Gasteiger partial charge in [0.15, 0.2) is 0 Å². The number of nitrogens with one attached hydrogen (secondary N) is 1. The van der Waals surface area contributed by atoms with Crippen LogP contribution in [-0.4, -0.2) is 25.2 Å². The number of carbonyl (C=O) groups is 1. The molecule has 0 saturated heterocycles. The fourth-order valence-corrected chi connectivity index (χ4v) is 3.31. The Bertz CT molecular complexity index is 808. The van der Waals surface area contributed by atoms with E-state index in [1.807, 2.05) is 18.2 Å². The highest BCUT2D eigenvalue weighted by molar-refractivity contribution is 5.95. The summed E-state index contributed by atoms with van der Waals surface area (Å²) in [7, 11) is 3.10. The van der Waals surface area contributed by atoms with E-state index in [1.165, 1.54) is 18.3 Å². The normalized spacial score (nSPS) is 16.9. The minimum absolute atomic E-state index is 0.367. The minimum atomic E-state index is -0.552. The zero-order valence-corrected chi connectivity index (χ0v) is 13.9. The number of benzene rings is 1. The maximum Gasteiger partial charge on any atom is 0.354 e. The number of hydrogen-bond acceptors (Lipinski definition) is 3. The molecule has 120 valence electrons. The molecule has 23 heavy (non-hydrogen) atoms. The first kappa shape index (κ1) is 15.6. The average Bonchev–Trinajstić information content (AvgIpc) is 2.96. The van der Waals surface area contributed by atoms with Gasteiger partial charge in [-0.2, -0.15) is 0 Å². The standard InChI is InChI=1S/C19H21NO3/c1-12-7-13(2)11-19(10-12,23-4)15-5-6-16-14(8-15)9-17(20-16)18(21)22-3/h5-6,8-11,20H,7H2,1-4H3. The smallest absolute Gasteiger partial charge is 0.354 e. The lowest BCUT2D eigenvalue weighted by atomic mass is 9.83. The Hall–Kier alpha value is -2.33. The molecule has 1 aliphatic rings. The molecular weight excluding hydrogens is 290 g/mol. The van der Waals surface area contributed by atoms with Crippen LogP contribution in [0.3, 0.4) is 0 Å². The van der Waals surface area contributed by atoms with Crippen molar-refractivity contribution in [2.75, 3.05) is 14.2 Å². The number of H-pyrrole nitrogens is 1. The lowest BCUT2D eigenvalue weighted by Crippen LogP contribution is -2.26. The summed E-state index contributed by atoms with van der Waals surface area (Å²) in [5.41, 5.74) is 4.42. The van der Waals surface area contributed by atoms with Gasteiger partial charge >= 0.3 is 5.97 Å². The molecule has 0 radical (unpaired) electrons. The number of aromatic amines is 1. The van der Waals surface area contributed by atoms with E-state index < -0.39 is 5.60 Å². The van der Waals surface area contributed by atoms with E-state index in [0.29, 0.717) is 5.69 Å². The predicted molar refractivity (Wildman–Crippen MR) is 90.5 cm³/mol. The zero-order chi connectivity index (χ0) is 16.6. The topological polar surface area (TPSA) is 51.3 Å². The molecule has 0 amide bonds. The molecule has 0 spiro atoms. The molecule has 1 aromatic carbocycles. The summed E-state index contributed by atoms with van der Waals surface area (Å²) in [6.07, 6.45) is 5.30. The number of rotatable bonds is 3. The number of aromatic nitrogens is 1. The van der Waals surface area contributed by atoms with Gasteiger partial charge in [-0.15, -0.1) is 0 Å². The van der Waals surface area contributed by atoms with Gasteiger partial charge in [0.05, 0.1) is 7.11 Å². The van der Waals surface area contributed by atoms with E-state index in [1.54, 1.807) is 7.11 Å². The van der Waals surface area contributed by atoms with Crippen molar-refractivity contribution in [1.29, 1.82) is 0 Å². The van der Waals surface area contributed by atoms with Crippen LogP contribution in [0.2, 0.25) is 0 Å². The first-order valence-corrected chi connectivity index (χ1v) is 7.61. The summed E-state index contributed by atoms with van der Waals surface area (Å²) in [5.74, 6) is -0.367. The zero-order valence-electron chi connectivity index (χ0n) is 13.9. The van der Waals surface area contributed by atoms with Crippen LogP contribution in [0.1, 0.15) is 36.3 Å². The van der Waals surface area contributed by atoms with Gasteiger partial charge in [-0.25, -0.2) is 4.79 Å². The third-order valence-electron chi connectivity index (χ3n) is 4.29. The van der Waals surface area contributed by atoms with Crippen molar-refractivity contribution >= 4 is 16.9 Å². The Labute approximate surface area is 135 Å². The minimum Gasteiger partial charge on any atom is -0.464 e. The second-order valence-corrected chi connectivity index (χ2v) is 6.13. The molecule has 4 nitrogen and oxygen atoms in total. The Morgan fingerprint density at radius 2 is 1.83 bits per heavy atom. The Balaban J connectivity index is 2.12. The van der Waals surface area contributed by atoms with Crippen molar-refractivity contribution in [2.45, 2.75) is 25.9 Å². The molecule has 1 N–H and O–H groups in total. The van der Waals surface area contributed by atoms with Gasteiger partial charge in [0.1, 0.15) is 11.3 Å². The van der Waals surface area contributed by atoms with Crippen molar-refractivity contribution in [3.63, 3.8) is 0 Å². The van der Waals surface area contributed by atoms with Crippen LogP contribution < -0.4 is 0 Å². The van der Waals surface area contributed by atoms with Gasteiger partial charge in [0.25, 0.3) is 0 Å². The first-order valence-electron chi connectivity index (χ1n) is 7.61. The summed E-state index contributed by atoms with van der Waals surface area (Å²) in [6.45, 7) is 4.24. The van der Waals surface area contributed by atoms with E-state index >= 15 is 0 Å². The SMILES string of the molecule is COC(=O)c1cc2cc(C3(OC)C=C(C)CC(C)=C3)ccc2[nH]1. The van der Waals surface area contributed by atoms with Crippen LogP contribution >= 0.6 is 0 Å². The van der Waals surface area contributed by atoms with E-state index in [-0.39, 0.29) is 5.97 Å². The van der Waals surface area contributed by atoms with Gasteiger partial charge in [0.2, 0.25) is 0 Å². The van der Waals surface area contributed by atoms with Crippen LogP contribution in [0.25, 0.3) is 10.9 Å². The third kappa shape index (κ3) is 2.70. The number of fused-ring (bicyclic) bond motifs is 1. The molecular formula is C19H21NO3. The number of methoxy groups -OCH3 is 2. The average molecular weight is 311 g/mol. The lowest BCUT2D eigenvalue weighted by Gasteiger charge is -2.31. The summed E-state index contributed by atoms with van der Waals surface area (Å²) in [6, 6.07) is 7.87. The molecule has 3 rings (SSSR count). The number of allylic oxidation sites excluding steroid dienone is 2. The molecule has 2 aromatic rings. The molecule has 1 heterocycles. The van der Waals surface area contributed by atoms with Crippen molar-refractivity contribution in [3.05, 3.63) is 58.8 Å². The van der Waals surface area contributed by atoms with E-state index in [0.717, 1.165) is 22.9 Å². The van der Waals surface area contributed by atoms with Crippen molar-refractivity contribution in [1.82, 2.24) is 4.98 Å². The number of carbonyl (C=O) groups excluding carboxylic acids is 1. The molecule has 0 atom stereocenters. The number of hydrogen-bond donors (Lipinski definition) is 1. The highest BCUT2D eigenvalue weighted by atomic mass is 16.5. The molecule has 0 unspecified atom stereocenters. The van der Waals surface area contributed by atoms with Crippen LogP contribution in [-0.2, 0) is 15.1 Å². The fourth-order valence-electron chi connectivity index (χ4n) is 3.31. The molecule has 0 saturated carbocycles. The largest absolute Gasteiger partial charge is 0.464 e. The summed E-state index contributed by atoms with van der Waals surface area (Å²) >= 11 is 0. The molecule has 0 fully saturated rings. The second-order valence-electron chi connectivity index (χ2n) is 6.13. The third-order valence-corrected chi connectivity index (χ3v) is 4.29. The highest BCUT2D eigenvalue weighted by Gasteiger charge is 2.30. The predicted octanol–water partition coefficient (Wildman–Crippen LogP) is 4.09. The molecule has 1 aliphatic carbocycles. The van der Waals surface area contributed by atoms with Gasteiger partial charge in [-0.05, 0) is 56.2 Å². The van der Waals surface area contributed by atoms with E-state index in [9.17, 15) is 4.79 Å². The number of esters is 1. The van der Waals surface area contributed by atoms with Crippen molar-refractivity contribution in [2.24, 2.45) is 0 Å². The van der Waals surface area contributed by atoms with Gasteiger partial charge in [-0.1, -0.05) is 17.2 Å². The van der Waals surface area contributed by atoms with E-state index in [4.69, 9.17) is 9.47 Å². The van der Waals surface area contributed by atoms with Crippen LogP contribution in [0.4, 0.5) is 0 Å². The Morgan fingerprint density at radius 1 is 1.13 bits per heavy atom. The maximum atomic E-state index is 11.7. The van der Waals surface area contributed by atoms with Gasteiger partial charge in [-0.3, -0.25) is 0 Å². The van der Waals surface area contributed by atoms with Crippen molar-refractivity contribution < 1.29 is 14.3 Å². The summed E-state index contributed by atoms with van der Waals surface area (Å²) in [5, 5.41) is 0.960. The molecule has 0 aliphatic heterocycles. The Kier molecular flexibility index (Phi) is 3.86. The number of ether oxygens (including phenoxy) is 2. The molecule has 4 heteroatoms. The maximum absolute atomic E-state index is 11.7. The van der Waals surface area contributed by atoms with Crippen LogP contribution in [0.5, 0.6) is 0 Å². The van der Waals surface area contributed by atoms with E-state index in [2.05, 4.69) is 37.0 Å². The van der Waals surface area contributed by atoms with Crippen LogP contribution in [0.15, 0.2) is 47.6 Å². The quantitative estimate of drug-likeness (QED) is 0.686. The van der Waals surface area contributed by atoms with Crippen LogP contribution in [0, 0.1) is 0 Å². The molecule has 1 aromatic heterocycles. The summed E-state index contributed by atoms with van der Waals surface area (Å²) in [4.78, 5) is 14.8. The Morgan fingerprint density at radius 3 is 2.43 bits per heavy atom. The molecule has 0 bridgehead atoms. The monoisotopic (exact) mass is 311 g/mol. The second kappa shape index (κ2) is 5.70.